The Kier molecular flexibility index (Phi) is 3.81. The summed E-state index contributed by atoms with van der Waals surface area (Å²) >= 11 is 5.96. The van der Waals surface area contributed by atoms with Crippen LogP contribution in [0.2, 0.25) is 5.02 Å². The van der Waals surface area contributed by atoms with Gasteiger partial charge in [-0.05, 0) is 6.54 Å². The Balaban J connectivity index is 2.15. The second-order valence-electron chi connectivity index (χ2n) is 4.08. The highest BCUT2D eigenvalue weighted by Gasteiger charge is 2.30. The van der Waals surface area contributed by atoms with E-state index in [4.69, 9.17) is 16.3 Å². The molecule has 0 radical (unpaired) electrons. The van der Waals surface area contributed by atoms with Crippen molar-refractivity contribution in [3.8, 4) is 0 Å². The molecule has 1 fully saturated rings. The van der Waals surface area contributed by atoms with E-state index in [-0.39, 0.29) is 5.78 Å². The lowest BCUT2D eigenvalue weighted by molar-refractivity contribution is -0.0153. The van der Waals surface area contributed by atoms with Gasteiger partial charge in [-0.3, -0.25) is 14.4 Å². The molecule has 1 atom stereocenters. The fourth-order valence-corrected chi connectivity index (χ4v) is 2.25. The predicted octanol–water partition coefficient (Wildman–Crippen LogP) is 0.977. The van der Waals surface area contributed by atoms with Crippen molar-refractivity contribution in [1.29, 1.82) is 0 Å². The van der Waals surface area contributed by atoms with Gasteiger partial charge < -0.3 is 4.74 Å². The molecular weight excluding hydrogens is 242 g/mol. The standard InChI is InChI=1S/C11H16ClN3O2/c1-3-15-4-5-17-9(7-15)11(16)10-8(12)6-13-14(10)2/h6,9H,3-5,7H2,1-2H3. The lowest BCUT2D eigenvalue weighted by Crippen LogP contribution is -2.46. The molecule has 1 unspecified atom stereocenters. The smallest absolute Gasteiger partial charge is 0.212 e. The van der Waals surface area contributed by atoms with E-state index >= 15 is 0 Å². The first-order chi connectivity index (χ1) is 8.13. The summed E-state index contributed by atoms with van der Waals surface area (Å²) in [6.45, 7) is 5.08. The Morgan fingerprint density at radius 1 is 1.71 bits per heavy atom. The van der Waals surface area contributed by atoms with Crippen molar-refractivity contribution in [1.82, 2.24) is 14.7 Å². The number of ether oxygens (including phenoxy) is 1. The van der Waals surface area contributed by atoms with Crippen LogP contribution in [-0.4, -0.2) is 52.8 Å². The first kappa shape index (κ1) is 12.5. The minimum atomic E-state index is -0.434. The molecule has 0 aromatic carbocycles. The van der Waals surface area contributed by atoms with Gasteiger partial charge >= 0.3 is 0 Å². The molecular formula is C11H16ClN3O2. The molecule has 1 aliphatic heterocycles. The third kappa shape index (κ3) is 2.51. The van der Waals surface area contributed by atoms with E-state index in [2.05, 4.69) is 16.9 Å². The van der Waals surface area contributed by atoms with Crippen molar-refractivity contribution in [2.75, 3.05) is 26.2 Å². The summed E-state index contributed by atoms with van der Waals surface area (Å²) in [5.41, 5.74) is 0.426. The number of hydrogen-bond donors (Lipinski definition) is 0. The average Bonchev–Trinajstić information content (AvgIpc) is 2.68. The number of ketones is 1. The summed E-state index contributed by atoms with van der Waals surface area (Å²) in [5.74, 6) is -0.0897. The van der Waals surface area contributed by atoms with Gasteiger partial charge in [0.25, 0.3) is 0 Å². The zero-order valence-electron chi connectivity index (χ0n) is 10.0. The van der Waals surface area contributed by atoms with Crippen LogP contribution in [-0.2, 0) is 11.8 Å². The van der Waals surface area contributed by atoms with E-state index in [9.17, 15) is 4.79 Å². The SMILES string of the molecule is CCN1CCOC(C(=O)c2c(Cl)cnn2C)C1. The van der Waals surface area contributed by atoms with Crippen LogP contribution in [0.3, 0.4) is 0 Å². The van der Waals surface area contributed by atoms with Gasteiger partial charge in [0.1, 0.15) is 11.8 Å². The molecule has 0 amide bonds. The van der Waals surface area contributed by atoms with E-state index in [0.29, 0.717) is 23.9 Å². The summed E-state index contributed by atoms with van der Waals surface area (Å²) in [7, 11) is 1.71. The van der Waals surface area contributed by atoms with E-state index in [0.717, 1.165) is 13.1 Å². The van der Waals surface area contributed by atoms with Gasteiger partial charge in [0.05, 0.1) is 17.8 Å². The molecule has 17 heavy (non-hydrogen) atoms. The van der Waals surface area contributed by atoms with E-state index in [1.54, 1.807) is 7.05 Å². The fraction of sp³-hybridized carbons (Fsp3) is 0.636. The van der Waals surface area contributed by atoms with Crippen molar-refractivity contribution < 1.29 is 9.53 Å². The van der Waals surface area contributed by atoms with Crippen LogP contribution in [0.15, 0.2) is 6.20 Å². The molecule has 0 bridgehead atoms. The molecule has 1 aromatic heterocycles. The second kappa shape index (κ2) is 5.16. The Bertz CT molecular complexity index is 399. The minimum absolute atomic E-state index is 0.0897. The van der Waals surface area contributed by atoms with Crippen LogP contribution >= 0.6 is 11.6 Å². The van der Waals surface area contributed by atoms with Crippen molar-refractivity contribution in [3.05, 3.63) is 16.9 Å². The molecule has 5 nitrogen and oxygen atoms in total. The van der Waals surface area contributed by atoms with Crippen LogP contribution in [0.4, 0.5) is 0 Å². The monoisotopic (exact) mass is 257 g/mol. The highest BCUT2D eigenvalue weighted by atomic mass is 35.5. The van der Waals surface area contributed by atoms with Crippen LogP contribution in [0.1, 0.15) is 17.4 Å². The Morgan fingerprint density at radius 2 is 2.47 bits per heavy atom. The van der Waals surface area contributed by atoms with E-state index in [1.165, 1.54) is 10.9 Å². The molecule has 94 valence electrons. The van der Waals surface area contributed by atoms with Gasteiger partial charge in [-0.15, -0.1) is 0 Å². The fourth-order valence-electron chi connectivity index (χ4n) is 1.99. The van der Waals surface area contributed by atoms with Gasteiger partial charge in [0.2, 0.25) is 5.78 Å². The molecule has 1 aliphatic rings. The topological polar surface area (TPSA) is 47.4 Å². The zero-order chi connectivity index (χ0) is 12.4. The molecule has 2 heterocycles. The number of morpholine rings is 1. The number of nitrogens with zero attached hydrogens (tertiary/aromatic N) is 3. The first-order valence-corrected chi connectivity index (χ1v) is 6.07. The first-order valence-electron chi connectivity index (χ1n) is 5.69. The lowest BCUT2D eigenvalue weighted by atomic mass is 10.1. The van der Waals surface area contributed by atoms with Gasteiger partial charge in [-0.2, -0.15) is 5.10 Å². The number of Topliss-reactive ketones (excluding diaryl/α,β-unsaturated/α-hetero) is 1. The summed E-state index contributed by atoms with van der Waals surface area (Å²) in [4.78, 5) is 14.5. The number of aromatic nitrogens is 2. The van der Waals surface area contributed by atoms with Gasteiger partial charge in [-0.1, -0.05) is 18.5 Å². The molecule has 1 aromatic rings. The van der Waals surface area contributed by atoms with Gasteiger partial charge in [-0.25, -0.2) is 0 Å². The largest absolute Gasteiger partial charge is 0.367 e. The number of hydrogen-bond acceptors (Lipinski definition) is 4. The Morgan fingerprint density at radius 3 is 3.06 bits per heavy atom. The Labute approximate surface area is 105 Å². The second-order valence-corrected chi connectivity index (χ2v) is 4.49. The van der Waals surface area contributed by atoms with Crippen molar-refractivity contribution in [3.63, 3.8) is 0 Å². The van der Waals surface area contributed by atoms with Crippen LogP contribution in [0.25, 0.3) is 0 Å². The van der Waals surface area contributed by atoms with Gasteiger partial charge in [0.15, 0.2) is 0 Å². The van der Waals surface area contributed by atoms with Crippen LogP contribution in [0.5, 0.6) is 0 Å². The van der Waals surface area contributed by atoms with E-state index in [1.807, 2.05) is 0 Å². The molecule has 0 aliphatic carbocycles. The van der Waals surface area contributed by atoms with Crippen molar-refractivity contribution >= 4 is 17.4 Å². The summed E-state index contributed by atoms with van der Waals surface area (Å²) in [6, 6.07) is 0. The lowest BCUT2D eigenvalue weighted by Gasteiger charge is -2.31. The normalized spacial score (nSPS) is 21.7. The number of carbonyl (C=O) groups excluding carboxylic acids is 1. The number of rotatable bonds is 3. The number of halogens is 1. The summed E-state index contributed by atoms with van der Waals surface area (Å²) < 4.78 is 7.01. The van der Waals surface area contributed by atoms with E-state index < -0.39 is 6.10 Å². The maximum Gasteiger partial charge on any atom is 0.212 e. The van der Waals surface area contributed by atoms with Crippen LogP contribution < -0.4 is 0 Å². The summed E-state index contributed by atoms with van der Waals surface area (Å²) in [5, 5.41) is 4.35. The maximum atomic E-state index is 12.3. The number of carbonyl (C=O) groups is 1. The zero-order valence-corrected chi connectivity index (χ0v) is 10.8. The molecule has 6 heteroatoms. The highest BCUT2D eigenvalue weighted by molar-refractivity contribution is 6.33. The van der Waals surface area contributed by atoms with Gasteiger partial charge in [0, 0.05) is 20.1 Å². The highest BCUT2D eigenvalue weighted by Crippen LogP contribution is 2.18. The number of likely N-dealkylation sites (N-methyl/N-ethyl adjacent to an activating group) is 1. The molecule has 1 saturated heterocycles. The molecule has 0 spiro atoms. The third-order valence-electron chi connectivity index (χ3n) is 3.02. The summed E-state index contributed by atoms with van der Waals surface area (Å²) in [6.07, 6.45) is 1.05. The Hall–Kier alpha value is -0.910. The molecule has 0 N–H and O–H groups in total. The quantitative estimate of drug-likeness (QED) is 0.758. The van der Waals surface area contributed by atoms with Crippen LogP contribution in [0, 0.1) is 0 Å². The minimum Gasteiger partial charge on any atom is -0.367 e. The average molecular weight is 258 g/mol. The van der Waals surface area contributed by atoms with Crippen molar-refractivity contribution in [2.45, 2.75) is 13.0 Å². The van der Waals surface area contributed by atoms with Crippen molar-refractivity contribution in [2.24, 2.45) is 7.05 Å². The third-order valence-corrected chi connectivity index (χ3v) is 3.29. The molecule has 2 rings (SSSR count). The predicted molar refractivity (Wildman–Crippen MR) is 64.4 cm³/mol. The molecule has 0 saturated carbocycles. The maximum absolute atomic E-state index is 12.3. The number of aryl methyl sites for hydroxylation is 1.